The molecule has 0 aromatic heterocycles. The van der Waals surface area contributed by atoms with Gasteiger partial charge >= 0.3 is 0 Å². The van der Waals surface area contributed by atoms with Crippen molar-refractivity contribution in [3.63, 3.8) is 0 Å². The highest BCUT2D eigenvalue weighted by atomic mass is 15.1. The fourth-order valence-electron chi connectivity index (χ4n) is 3.07. The van der Waals surface area contributed by atoms with Gasteiger partial charge < -0.3 is 4.90 Å². The molecule has 0 N–H and O–H groups in total. The Kier molecular flexibility index (Phi) is 3.86. The fraction of sp³-hybridized carbons (Fsp3) is 1.00. The highest BCUT2D eigenvalue weighted by molar-refractivity contribution is 4.94. The summed E-state index contributed by atoms with van der Waals surface area (Å²) < 4.78 is 0. The second-order valence-electron chi connectivity index (χ2n) is 7.04. The molecule has 0 aromatic carbocycles. The standard InChI is InChI=1S/C14H29N/c1-12-7-9-14(10-8-12,15(5)6)11-13(2,3)4/h12H,7-11H2,1-6H3. The molecule has 0 spiro atoms. The van der Waals surface area contributed by atoms with E-state index in [9.17, 15) is 0 Å². The molecule has 0 unspecified atom stereocenters. The Hall–Kier alpha value is -0.0400. The Morgan fingerprint density at radius 3 is 1.93 bits per heavy atom. The lowest BCUT2D eigenvalue weighted by atomic mass is 9.69. The van der Waals surface area contributed by atoms with Crippen molar-refractivity contribution < 1.29 is 0 Å². The lowest BCUT2D eigenvalue weighted by molar-refractivity contribution is 0.0422. The van der Waals surface area contributed by atoms with Crippen molar-refractivity contribution in [2.45, 2.75) is 65.3 Å². The summed E-state index contributed by atoms with van der Waals surface area (Å²) in [5.74, 6) is 0.943. The molecule has 0 saturated heterocycles. The largest absolute Gasteiger partial charge is 0.304 e. The van der Waals surface area contributed by atoms with Crippen LogP contribution >= 0.6 is 0 Å². The molecule has 1 fully saturated rings. The van der Waals surface area contributed by atoms with Crippen molar-refractivity contribution in [2.75, 3.05) is 14.1 Å². The lowest BCUT2D eigenvalue weighted by Gasteiger charge is -2.48. The van der Waals surface area contributed by atoms with Gasteiger partial charge in [0.2, 0.25) is 0 Å². The maximum absolute atomic E-state index is 2.49. The Balaban J connectivity index is 2.72. The van der Waals surface area contributed by atoms with Crippen molar-refractivity contribution in [2.24, 2.45) is 11.3 Å². The number of hydrogen-bond acceptors (Lipinski definition) is 1. The van der Waals surface area contributed by atoms with E-state index in [1.165, 1.54) is 32.1 Å². The number of hydrogen-bond donors (Lipinski definition) is 0. The molecule has 0 amide bonds. The van der Waals surface area contributed by atoms with Gasteiger partial charge in [0, 0.05) is 5.54 Å². The molecular weight excluding hydrogens is 182 g/mol. The molecular formula is C14H29N. The molecule has 1 aliphatic carbocycles. The van der Waals surface area contributed by atoms with Gasteiger partial charge in [-0.3, -0.25) is 0 Å². The van der Waals surface area contributed by atoms with Crippen LogP contribution in [0.2, 0.25) is 0 Å². The zero-order valence-electron chi connectivity index (χ0n) is 11.6. The summed E-state index contributed by atoms with van der Waals surface area (Å²) >= 11 is 0. The molecule has 0 atom stereocenters. The van der Waals surface area contributed by atoms with E-state index in [1.54, 1.807) is 0 Å². The minimum Gasteiger partial charge on any atom is -0.304 e. The van der Waals surface area contributed by atoms with E-state index in [1.807, 2.05) is 0 Å². The first-order valence-electron chi connectivity index (χ1n) is 6.43. The van der Waals surface area contributed by atoms with Crippen LogP contribution in [0.4, 0.5) is 0 Å². The minimum absolute atomic E-state index is 0.449. The highest BCUT2D eigenvalue weighted by Crippen LogP contribution is 2.42. The van der Waals surface area contributed by atoms with Crippen LogP contribution in [-0.2, 0) is 0 Å². The van der Waals surface area contributed by atoms with E-state index in [0.29, 0.717) is 11.0 Å². The molecule has 15 heavy (non-hydrogen) atoms. The van der Waals surface area contributed by atoms with Crippen molar-refractivity contribution in [1.82, 2.24) is 4.90 Å². The Bertz CT molecular complexity index is 192. The van der Waals surface area contributed by atoms with E-state index < -0.39 is 0 Å². The van der Waals surface area contributed by atoms with Crippen LogP contribution in [0.15, 0.2) is 0 Å². The maximum atomic E-state index is 2.49. The van der Waals surface area contributed by atoms with Gasteiger partial charge in [-0.1, -0.05) is 27.7 Å². The molecule has 0 aliphatic heterocycles. The van der Waals surface area contributed by atoms with Crippen LogP contribution in [0.25, 0.3) is 0 Å². The smallest absolute Gasteiger partial charge is 0.0208 e. The topological polar surface area (TPSA) is 3.24 Å². The van der Waals surface area contributed by atoms with Crippen LogP contribution in [0.1, 0.15) is 59.8 Å². The van der Waals surface area contributed by atoms with Crippen LogP contribution in [-0.4, -0.2) is 24.5 Å². The summed E-state index contributed by atoms with van der Waals surface area (Å²) in [6, 6.07) is 0. The Morgan fingerprint density at radius 2 is 1.60 bits per heavy atom. The van der Waals surface area contributed by atoms with Gasteiger partial charge in [-0.25, -0.2) is 0 Å². The fourth-order valence-corrected chi connectivity index (χ4v) is 3.07. The normalized spacial score (nSPS) is 33.4. The van der Waals surface area contributed by atoms with Crippen molar-refractivity contribution in [3.05, 3.63) is 0 Å². The SMILES string of the molecule is CC1CCC(CC(C)(C)C)(N(C)C)CC1. The van der Waals surface area contributed by atoms with E-state index in [4.69, 9.17) is 0 Å². The van der Waals surface area contributed by atoms with Crippen LogP contribution < -0.4 is 0 Å². The Labute approximate surface area is 96.2 Å². The zero-order valence-corrected chi connectivity index (χ0v) is 11.6. The number of rotatable bonds is 2. The summed E-state index contributed by atoms with van der Waals surface area (Å²) in [5, 5.41) is 0. The molecule has 1 nitrogen and oxygen atoms in total. The van der Waals surface area contributed by atoms with E-state index in [-0.39, 0.29) is 0 Å². The van der Waals surface area contributed by atoms with Crippen LogP contribution in [0.5, 0.6) is 0 Å². The zero-order chi connectivity index (χ0) is 11.7. The van der Waals surface area contributed by atoms with Gasteiger partial charge in [0.1, 0.15) is 0 Å². The summed E-state index contributed by atoms with van der Waals surface area (Å²) in [5.41, 5.74) is 0.926. The van der Waals surface area contributed by atoms with Gasteiger partial charge in [0.25, 0.3) is 0 Å². The average Bonchev–Trinajstić information content (AvgIpc) is 2.06. The summed E-state index contributed by atoms with van der Waals surface area (Å²) in [7, 11) is 4.53. The Morgan fingerprint density at radius 1 is 1.13 bits per heavy atom. The molecule has 0 radical (unpaired) electrons. The second kappa shape index (κ2) is 4.45. The van der Waals surface area contributed by atoms with E-state index >= 15 is 0 Å². The predicted molar refractivity (Wildman–Crippen MR) is 68.1 cm³/mol. The highest BCUT2D eigenvalue weighted by Gasteiger charge is 2.38. The molecule has 1 heteroatoms. The third-order valence-electron chi connectivity index (χ3n) is 4.01. The monoisotopic (exact) mass is 211 g/mol. The first-order valence-corrected chi connectivity index (χ1v) is 6.43. The molecule has 0 bridgehead atoms. The lowest BCUT2D eigenvalue weighted by Crippen LogP contribution is -2.49. The van der Waals surface area contributed by atoms with Gasteiger partial charge in [-0.05, 0) is 57.5 Å². The van der Waals surface area contributed by atoms with Crippen LogP contribution in [0, 0.1) is 11.3 Å². The van der Waals surface area contributed by atoms with Crippen molar-refractivity contribution >= 4 is 0 Å². The van der Waals surface area contributed by atoms with E-state index in [2.05, 4.69) is 46.7 Å². The molecule has 1 rings (SSSR count). The average molecular weight is 211 g/mol. The van der Waals surface area contributed by atoms with Crippen molar-refractivity contribution in [1.29, 1.82) is 0 Å². The van der Waals surface area contributed by atoms with Crippen LogP contribution in [0.3, 0.4) is 0 Å². The van der Waals surface area contributed by atoms with Crippen molar-refractivity contribution in [3.8, 4) is 0 Å². The molecule has 90 valence electrons. The number of nitrogens with zero attached hydrogens (tertiary/aromatic N) is 1. The molecule has 1 saturated carbocycles. The summed E-state index contributed by atoms with van der Waals surface area (Å²) in [6.07, 6.45) is 6.93. The third-order valence-corrected chi connectivity index (χ3v) is 4.01. The van der Waals surface area contributed by atoms with Gasteiger partial charge in [-0.15, -0.1) is 0 Å². The van der Waals surface area contributed by atoms with Gasteiger partial charge in [0.15, 0.2) is 0 Å². The third kappa shape index (κ3) is 3.48. The molecule has 1 aliphatic rings. The maximum Gasteiger partial charge on any atom is 0.0208 e. The quantitative estimate of drug-likeness (QED) is 0.669. The predicted octanol–water partition coefficient (Wildman–Crippen LogP) is 3.93. The summed E-state index contributed by atoms with van der Waals surface area (Å²) in [4.78, 5) is 2.49. The van der Waals surface area contributed by atoms with E-state index in [0.717, 1.165) is 5.92 Å². The van der Waals surface area contributed by atoms with Gasteiger partial charge in [0.05, 0.1) is 0 Å². The second-order valence-corrected chi connectivity index (χ2v) is 7.04. The first-order chi connectivity index (χ1) is 6.75. The minimum atomic E-state index is 0.449. The van der Waals surface area contributed by atoms with Gasteiger partial charge in [-0.2, -0.15) is 0 Å². The molecule has 0 aromatic rings. The molecule has 0 heterocycles. The summed E-state index contributed by atoms with van der Waals surface area (Å²) in [6.45, 7) is 9.51. The first kappa shape index (κ1) is 13.0.